The maximum atomic E-state index is 12.4. The number of carbonyl (C=O) groups excluding carboxylic acids is 2. The third-order valence-electron chi connectivity index (χ3n) is 4.72. The molecule has 1 saturated heterocycles. The molecule has 0 N–H and O–H groups in total. The fourth-order valence-electron chi connectivity index (χ4n) is 3.40. The van der Waals surface area contributed by atoms with Crippen LogP contribution in [0, 0.1) is 0 Å². The Bertz CT molecular complexity index is 675. The van der Waals surface area contributed by atoms with Gasteiger partial charge in [-0.2, -0.15) is 0 Å². The lowest BCUT2D eigenvalue weighted by Crippen LogP contribution is -2.49. The number of amides is 1. The third kappa shape index (κ3) is 5.74. The van der Waals surface area contributed by atoms with Crippen LogP contribution in [0.25, 0.3) is 6.08 Å². The molecule has 0 bridgehead atoms. The summed E-state index contributed by atoms with van der Waals surface area (Å²) in [5, 5.41) is 0. The van der Waals surface area contributed by atoms with Crippen LogP contribution in [-0.2, 0) is 14.3 Å². The van der Waals surface area contributed by atoms with E-state index in [1.807, 2.05) is 31.7 Å². The zero-order valence-corrected chi connectivity index (χ0v) is 16.6. The van der Waals surface area contributed by atoms with E-state index in [9.17, 15) is 9.59 Å². The molecule has 27 heavy (non-hydrogen) atoms. The van der Waals surface area contributed by atoms with Crippen molar-refractivity contribution in [1.29, 1.82) is 0 Å². The van der Waals surface area contributed by atoms with Crippen LogP contribution in [0.1, 0.15) is 45.6 Å². The normalized spacial score (nSPS) is 19.8. The second-order valence-electron chi connectivity index (χ2n) is 6.71. The lowest BCUT2D eigenvalue weighted by Gasteiger charge is -2.38. The number of nitrogens with zero attached hydrogens (tertiary/aromatic N) is 1. The number of piperidine rings is 1. The first-order valence-corrected chi connectivity index (χ1v) is 9.43. The zero-order chi connectivity index (χ0) is 19.8. The van der Waals surface area contributed by atoms with Crippen LogP contribution in [0.5, 0.6) is 11.5 Å². The van der Waals surface area contributed by atoms with E-state index in [1.165, 1.54) is 6.08 Å². The minimum Gasteiger partial charge on any atom is -0.493 e. The topological polar surface area (TPSA) is 65.1 Å². The summed E-state index contributed by atoms with van der Waals surface area (Å²) in [6.45, 7) is 6.28. The summed E-state index contributed by atoms with van der Waals surface area (Å²) in [5.74, 6) is 0.554. The van der Waals surface area contributed by atoms with Gasteiger partial charge in [0.05, 0.1) is 13.7 Å². The number of hydrogen-bond acceptors (Lipinski definition) is 5. The molecule has 0 radical (unpaired) electrons. The van der Waals surface area contributed by atoms with Gasteiger partial charge < -0.3 is 19.1 Å². The van der Waals surface area contributed by atoms with E-state index < -0.39 is 5.97 Å². The van der Waals surface area contributed by atoms with E-state index in [0.717, 1.165) is 24.8 Å². The second kappa shape index (κ2) is 10.00. The van der Waals surface area contributed by atoms with Gasteiger partial charge in [0.15, 0.2) is 18.1 Å². The van der Waals surface area contributed by atoms with Crippen molar-refractivity contribution >= 4 is 18.0 Å². The predicted molar refractivity (Wildman–Crippen MR) is 104 cm³/mol. The average Bonchev–Trinajstić information content (AvgIpc) is 2.65. The summed E-state index contributed by atoms with van der Waals surface area (Å²) in [6.07, 6.45) is 6.04. The molecule has 0 saturated carbocycles. The molecule has 2 atom stereocenters. The molecule has 0 spiro atoms. The summed E-state index contributed by atoms with van der Waals surface area (Å²) in [5.41, 5.74) is 0.775. The van der Waals surface area contributed by atoms with E-state index in [-0.39, 0.29) is 24.6 Å². The Morgan fingerprint density at radius 3 is 2.52 bits per heavy atom. The van der Waals surface area contributed by atoms with Gasteiger partial charge in [0.2, 0.25) is 0 Å². The average molecular weight is 375 g/mol. The molecule has 148 valence electrons. The van der Waals surface area contributed by atoms with Crippen molar-refractivity contribution in [3.05, 3.63) is 29.8 Å². The van der Waals surface area contributed by atoms with Gasteiger partial charge in [0.25, 0.3) is 5.91 Å². The lowest BCUT2D eigenvalue weighted by molar-refractivity contribution is -0.151. The molecule has 1 fully saturated rings. The molecule has 1 aliphatic rings. The van der Waals surface area contributed by atoms with Crippen LogP contribution in [0.15, 0.2) is 24.3 Å². The highest BCUT2D eigenvalue weighted by Gasteiger charge is 2.29. The fourth-order valence-corrected chi connectivity index (χ4v) is 3.40. The maximum absolute atomic E-state index is 12.4. The van der Waals surface area contributed by atoms with Crippen molar-refractivity contribution in [2.45, 2.75) is 52.1 Å². The van der Waals surface area contributed by atoms with E-state index in [2.05, 4.69) is 0 Å². The van der Waals surface area contributed by atoms with Gasteiger partial charge in [-0.25, -0.2) is 4.79 Å². The molecular formula is C21H29NO5. The molecule has 1 amide bonds. The number of ether oxygens (including phenoxy) is 3. The van der Waals surface area contributed by atoms with Gasteiger partial charge in [0.1, 0.15) is 0 Å². The Labute approximate surface area is 161 Å². The van der Waals surface area contributed by atoms with Crippen LogP contribution in [0.4, 0.5) is 0 Å². The van der Waals surface area contributed by atoms with E-state index in [1.54, 1.807) is 25.3 Å². The van der Waals surface area contributed by atoms with Crippen LogP contribution < -0.4 is 9.47 Å². The first-order valence-electron chi connectivity index (χ1n) is 9.43. The lowest BCUT2D eigenvalue weighted by atomic mass is 9.97. The number of benzene rings is 1. The van der Waals surface area contributed by atoms with Gasteiger partial charge in [-0.3, -0.25) is 4.79 Å². The molecule has 6 heteroatoms. The van der Waals surface area contributed by atoms with Gasteiger partial charge in [-0.05, 0) is 63.8 Å². The largest absolute Gasteiger partial charge is 0.493 e. The molecule has 2 rings (SSSR count). The van der Waals surface area contributed by atoms with E-state index >= 15 is 0 Å². The third-order valence-corrected chi connectivity index (χ3v) is 4.72. The van der Waals surface area contributed by atoms with Gasteiger partial charge >= 0.3 is 5.97 Å². The first-order chi connectivity index (χ1) is 13.0. The molecule has 1 aromatic rings. The van der Waals surface area contributed by atoms with Crippen molar-refractivity contribution in [2.75, 3.05) is 20.3 Å². The molecule has 0 unspecified atom stereocenters. The Hall–Kier alpha value is -2.50. The minimum atomic E-state index is -0.548. The summed E-state index contributed by atoms with van der Waals surface area (Å²) in [7, 11) is 1.56. The number of esters is 1. The van der Waals surface area contributed by atoms with Crippen LogP contribution in [-0.4, -0.2) is 49.2 Å². The van der Waals surface area contributed by atoms with Gasteiger partial charge in [-0.15, -0.1) is 0 Å². The number of carbonyl (C=O) groups is 2. The monoisotopic (exact) mass is 375 g/mol. The first kappa shape index (κ1) is 20.8. The number of likely N-dealkylation sites (tertiary alicyclic amines) is 1. The highest BCUT2D eigenvalue weighted by atomic mass is 16.5. The van der Waals surface area contributed by atoms with Gasteiger partial charge in [0, 0.05) is 18.2 Å². The summed E-state index contributed by atoms with van der Waals surface area (Å²) in [6, 6.07) is 5.76. The van der Waals surface area contributed by atoms with Crippen molar-refractivity contribution < 1.29 is 23.8 Å². The standard InChI is InChI=1S/C21H29NO5/c1-5-26-18-11-9-17(13-19(18)25-4)10-12-21(24)27-14-20(23)22-15(2)7-6-8-16(22)3/h9-13,15-16H,5-8,14H2,1-4H3/b12-10+/t15-,16+. The number of methoxy groups -OCH3 is 1. The summed E-state index contributed by atoms with van der Waals surface area (Å²) >= 11 is 0. The molecule has 0 aromatic heterocycles. The second-order valence-corrected chi connectivity index (χ2v) is 6.71. The minimum absolute atomic E-state index is 0.140. The number of rotatable bonds is 7. The fraction of sp³-hybridized carbons (Fsp3) is 0.524. The summed E-state index contributed by atoms with van der Waals surface area (Å²) in [4.78, 5) is 26.2. The van der Waals surface area contributed by atoms with Crippen LogP contribution >= 0.6 is 0 Å². The van der Waals surface area contributed by atoms with Crippen molar-refractivity contribution in [2.24, 2.45) is 0 Å². The Balaban J connectivity index is 1.90. The Kier molecular flexibility index (Phi) is 7.70. The number of hydrogen-bond donors (Lipinski definition) is 0. The van der Waals surface area contributed by atoms with Gasteiger partial charge in [-0.1, -0.05) is 6.07 Å². The van der Waals surface area contributed by atoms with E-state index in [0.29, 0.717) is 18.1 Å². The van der Waals surface area contributed by atoms with Crippen molar-refractivity contribution in [3.8, 4) is 11.5 Å². The molecular weight excluding hydrogens is 346 g/mol. The predicted octanol–water partition coefficient (Wildman–Crippen LogP) is 3.44. The Morgan fingerprint density at radius 1 is 1.19 bits per heavy atom. The molecule has 1 aromatic carbocycles. The van der Waals surface area contributed by atoms with E-state index in [4.69, 9.17) is 14.2 Å². The molecule has 0 aliphatic carbocycles. The summed E-state index contributed by atoms with van der Waals surface area (Å²) < 4.78 is 15.9. The smallest absolute Gasteiger partial charge is 0.331 e. The zero-order valence-electron chi connectivity index (χ0n) is 16.6. The molecule has 1 aliphatic heterocycles. The van der Waals surface area contributed by atoms with Crippen molar-refractivity contribution in [1.82, 2.24) is 4.90 Å². The van der Waals surface area contributed by atoms with Crippen LogP contribution in [0.2, 0.25) is 0 Å². The molecule has 6 nitrogen and oxygen atoms in total. The highest BCUT2D eigenvalue weighted by Crippen LogP contribution is 2.28. The maximum Gasteiger partial charge on any atom is 0.331 e. The Morgan fingerprint density at radius 2 is 1.89 bits per heavy atom. The highest BCUT2D eigenvalue weighted by molar-refractivity contribution is 5.89. The van der Waals surface area contributed by atoms with Crippen molar-refractivity contribution in [3.63, 3.8) is 0 Å². The SMILES string of the molecule is CCOc1ccc(/C=C/C(=O)OCC(=O)N2[C@H](C)CCC[C@@H]2C)cc1OC. The van der Waals surface area contributed by atoms with Crippen LogP contribution in [0.3, 0.4) is 0 Å². The quantitative estimate of drug-likeness (QED) is 0.540. The molecule has 1 heterocycles.